The Labute approximate surface area is 193 Å². The van der Waals surface area contributed by atoms with Gasteiger partial charge >= 0.3 is 12.6 Å². The van der Waals surface area contributed by atoms with E-state index in [1.54, 1.807) is 11.5 Å². The molecular formula is C23H22ClF2NO6. The molecule has 3 aliphatic rings. The lowest BCUT2D eigenvalue weighted by Crippen LogP contribution is -2.48. The average molecular weight is 482 g/mol. The Bertz CT molecular complexity index is 1190. The van der Waals surface area contributed by atoms with E-state index in [9.17, 15) is 18.4 Å². The van der Waals surface area contributed by atoms with E-state index in [2.05, 4.69) is 4.74 Å². The molecule has 2 fully saturated rings. The van der Waals surface area contributed by atoms with Crippen LogP contribution in [0.3, 0.4) is 0 Å². The van der Waals surface area contributed by atoms with Crippen LogP contribution in [0, 0.1) is 5.41 Å². The third kappa shape index (κ3) is 3.67. The number of benzene rings is 1. The predicted octanol–water partition coefficient (Wildman–Crippen LogP) is 4.75. The molecule has 1 unspecified atom stereocenters. The van der Waals surface area contributed by atoms with E-state index in [4.69, 9.17) is 25.8 Å². The molecule has 2 aliphatic heterocycles. The number of fused-ring (bicyclic) bond motifs is 3. The molecule has 0 radical (unpaired) electrons. The highest BCUT2D eigenvalue weighted by Gasteiger charge is 2.49. The number of pyridine rings is 1. The predicted molar refractivity (Wildman–Crippen MR) is 114 cm³/mol. The van der Waals surface area contributed by atoms with E-state index in [1.165, 1.54) is 18.2 Å². The van der Waals surface area contributed by atoms with E-state index in [-0.39, 0.29) is 34.7 Å². The first kappa shape index (κ1) is 22.2. The maximum atomic E-state index is 13.4. The van der Waals surface area contributed by atoms with Crippen molar-refractivity contribution in [2.75, 3.05) is 19.8 Å². The van der Waals surface area contributed by atoms with Crippen LogP contribution < -0.4 is 15.0 Å². The lowest BCUT2D eigenvalue weighted by Gasteiger charge is -2.46. The monoisotopic (exact) mass is 481 g/mol. The average Bonchev–Trinajstić information content (AvgIpc) is 3.57. The highest BCUT2D eigenvalue weighted by molar-refractivity contribution is 6.32. The first-order valence-corrected chi connectivity index (χ1v) is 11.1. The molecule has 1 aromatic carbocycles. The second-order valence-corrected chi connectivity index (χ2v) is 9.20. The number of carbonyl (C=O) groups excluding carboxylic acids is 1. The molecule has 5 rings (SSSR count). The number of esters is 1. The fraction of sp³-hybridized carbons (Fsp3) is 0.478. The van der Waals surface area contributed by atoms with E-state index in [1.807, 2.05) is 6.92 Å². The van der Waals surface area contributed by atoms with Gasteiger partial charge in [-0.05, 0) is 31.9 Å². The number of carbonyl (C=O) groups is 1. The summed E-state index contributed by atoms with van der Waals surface area (Å²) in [4.78, 5) is 26.0. The summed E-state index contributed by atoms with van der Waals surface area (Å²) in [5.41, 5.74) is 0.721. The minimum Gasteiger partial charge on any atom is -0.484 e. The Hall–Kier alpha value is -2.65. The van der Waals surface area contributed by atoms with Crippen LogP contribution in [0.1, 0.15) is 54.8 Å². The lowest BCUT2D eigenvalue weighted by molar-refractivity contribution is -0.156. The van der Waals surface area contributed by atoms with Crippen molar-refractivity contribution in [3.05, 3.63) is 44.7 Å². The van der Waals surface area contributed by atoms with Crippen LogP contribution in [0.2, 0.25) is 5.02 Å². The molecule has 0 spiro atoms. The number of rotatable bonds is 6. The van der Waals surface area contributed by atoms with Crippen LogP contribution in [0.4, 0.5) is 8.78 Å². The normalized spacial score (nSPS) is 20.4. The second kappa shape index (κ2) is 7.99. The van der Waals surface area contributed by atoms with Crippen LogP contribution in [0.25, 0.3) is 11.3 Å². The van der Waals surface area contributed by atoms with E-state index in [0.717, 1.165) is 12.8 Å². The zero-order valence-corrected chi connectivity index (χ0v) is 18.8. The molecule has 176 valence electrons. The van der Waals surface area contributed by atoms with E-state index >= 15 is 0 Å². The molecule has 1 aliphatic carbocycles. The van der Waals surface area contributed by atoms with Gasteiger partial charge in [0.05, 0.1) is 36.0 Å². The van der Waals surface area contributed by atoms with Crippen molar-refractivity contribution >= 4 is 17.6 Å². The molecule has 0 amide bonds. The Morgan fingerprint density at radius 3 is 2.61 bits per heavy atom. The highest BCUT2D eigenvalue weighted by Crippen LogP contribution is 2.54. The summed E-state index contributed by atoms with van der Waals surface area (Å²) in [6, 6.07) is 4.23. The molecular weight excluding hydrogens is 460 g/mol. The first-order valence-electron chi connectivity index (χ1n) is 10.7. The molecule has 10 heteroatoms. The molecule has 1 saturated carbocycles. The van der Waals surface area contributed by atoms with Gasteiger partial charge < -0.3 is 23.5 Å². The smallest absolute Gasteiger partial charge is 0.387 e. The van der Waals surface area contributed by atoms with Gasteiger partial charge in [-0.3, -0.25) is 4.79 Å². The Morgan fingerprint density at radius 2 is 2.03 bits per heavy atom. The Balaban J connectivity index is 1.77. The fourth-order valence-electron chi connectivity index (χ4n) is 4.46. The maximum Gasteiger partial charge on any atom is 0.387 e. The van der Waals surface area contributed by atoms with Crippen molar-refractivity contribution in [1.29, 1.82) is 0 Å². The van der Waals surface area contributed by atoms with E-state index < -0.39 is 29.7 Å². The van der Waals surface area contributed by atoms with Crippen molar-refractivity contribution in [2.45, 2.75) is 45.4 Å². The van der Waals surface area contributed by atoms with Crippen molar-refractivity contribution in [1.82, 2.24) is 4.57 Å². The summed E-state index contributed by atoms with van der Waals surface area (Å²) >= 11 is 6.25. The van der Waals surface area contributed by atoms with Gasteiger partial charge in [0, 0.05) is 23.2 Å². The summed E-state index contributed by atoms with van der Waals surface area (Å²) in [5.74, 6) is -0.637. The largest absolute Gasteiger partial charge is 0.484 e. The van der Waals surface area contributed by atoms with Crippen LogP contribution in [0.5, 0.6) is 11.5 Å². The molecule has 7 nitrogen and oxygen atoms in total. The Morgan fingerprint density at radius 1 is 1.30 bits per heavy atom. The van der Waals surface area contributed by atoms with Crippen LogP contribution in [-0.4, -0.2) is 37.0 Å². The minimum absolute atomic E-state index is 0.0375. The number of aromatic nitrogens is 1. The lowest BCUT2D eigenvalue weighted by atomic mass is 9.76. The molecule has 1 atom stereocenters. The summed E-state index contributed by atoms with van der Waals surface area (Å²) in [5, 5.41) is -0.0375. The topological polar surface area (TPSA) is 76.0 Å². The molecule has 1 aromatic heterocycles. The summed E-state index contributed by atoms with van der Waals surface area (Å²) < 4.78 is 48.8. The van der Waals surface area contributed by atoms with Crippen molar-refractivity contribution in [2.24, 2.45) is 5.41 Å². The number of nitrogens with zero attached hydrogens (tertiary/aromatic N) is 1. The second-order valence-electron chi connectivity index (χ2n) is 8.79. The van der Waals surface area contributed by atoms with Crippen molar-refractivity contribution < 1.29 is 32.5 Å². The van der Waals surface area contributed by atoms with Crippen molar-refractivity contribution in [3.63, 3.8) is 0 Å². The molecule has 0 N–H and O–H groups in total. The van der Waals surface area contributed by atoms with Crippen LogP contribution in [0.15, 0.2) is 23.0 Å². The summed E-state index contributed by atoms with van der Waals surface area (Å²) in [6.07, 6.45) is 0.966. The third-order valence-electron chi connectivity index (χ3n) is 6.20. The number of alkyl halides is 2. The van der Waals surface area contributed by atoms with Gasteiger partial charge in [0.2, 0.25) is 0 Å². The van der Waals surface area contributed by atoms with Gasteiger partial charge in [0.15, 0.2) is 0 Å². The first-order chi connectivity index (χ1) is 15.7. The molecule has 2 aromatic rings. The third-order valence-corrected chi connectivity index (χ3v) is 6.50. The molecule has 0 bridgehead atoms. The van der Waals surface area contributed by atoms with Gasteiger partial charge in [-0.2, -0.15) is 8.78 Å². The number of halogens is 3. The van der Waals surface area contributed by atoms with Gasteiger partial charge in [-0.25, -0.2) is 4.79 Å². The van der Waals surface area contributed by atoms with Gasteiger partial charge in [0.1, 0.15) is 23.2 Å². The number of hydrogen-bond acceptors (Lipinski definition) is 6. The molecule has 33 heavy (non-hydrogen) atoms. The zero-order valence-electron chi connectivity index (χ0n) is 18.0. The van der Waals surface area contributed by atoms with Gasteiger partial charge in [0.25, 0.3) is 5.56 Å². The standard InChI is InChI=1S/C23H22ClF2NO6/c1-3-31-21(29)14-6-13-18(27(20(14)28)11-4-5-11)12-7-15(24)17(33-22(25)26)8-16(12)32-19(13)23(2)9-30-10-23/h6-8,11,19,22H,3-5,9-10H2,1-2H3. The van der Waals surface area contributed by atoms with Gasteiger partial charge in [-0.1, -0.05) is 18.5 Å². The maximum absolute atomic E-state index is 13.4. The SMILES string of the molecule is CCOC(=O)c1cc2c(n(C3CC3)c1=O)-c1cc(Cl)c(OC(F)F)cc1OC2C1(C)COC1. The quantitative estimate of drug-likeness (QED) is 0.554. The van der Waals surface area contributed by atoms with E-state index in [0.29, 0.717) is 30.0 Å². The highest BCUT2D eigenvalue weighted by atomic mass is 35.5. The number of hydrogen-bond donors (Lipinski definition) is 0. The Kier molecular flexibility index (Phi) is 5.36. The van der Waals surface area contributed by atoms with Crippen LogP contribution >= 0.6 is 11.6 Å². The minimum atomic E-state index is -3.05. The number of ether oxygens (including phenoxy) is 4. The van der Waals surface area contributed by atoms with Crippen LogP contribution in [-0.2, 0) is 9.47 Å². The zero-order chi connectivity index (χ0) is 23.5. The fourth-order valence-corrected chi connectivity index (χ4v) is 4.67. The molecule has 3 heterocycles. The summed E-state index contributed by atoms with van der Waals surface area (Å²) in [7, 11) is 0. The van der Waals surface area contributed by atoms with Gasteiger partial charge in [-0.15, -0.1) is 0 Å². The van der Waals surface area contributed by atoms with Crippen molar-refractivity contribution in [3.8, 4) is 22.8 Å². The summed E-state index contributed by atoms with van der Waals surface area (Å²) in [6.45, 7) is 1.53. The molecule has 1 saturated heterocycles.